The zero-order valence-corrected chi connectivity index (χ0v) is 11.9. The van der Waals surface area contributed by atoms with Crippen molar-refractivity contribution in [3.8, 4) is 0 Å². The monoisotopic (exact) mass is 236 g/mol. The first-order valence-electron chi connectivity index (χ1n) is 7.21. The first-order valence-corrected chi connectivity index (χ1v) is 7.21. The van der Waals surface area contributed by atoms with Gasteiger partial charge in [0, 0.05) is 30.7 Å². The van der Waals surface area contributed by atoms with Crippen LogP contribution in [-0.2, 0) is 0 Å². The molecule has 0 aromatic carbocycles. The molecular weight excluding hydrogens is 208 g/mol. The third kappa shape index (κ3) is 2.74. The van der Waals surface area contributed by atoms with Gasteiger partial charge in [-0.05, 0) is 32.1 Å². The lowest BCUT2D eigenvalue weighted by molar-refractivity contribution is 0.0283. The van der Waals surface area contributed by atoms with E-state index in [9.17, 15) is 0 Å². The number of rotatable bonds is 3. The Labute approximate surface area is 106 Å². The minimum absolute atomic E-state index is 0.313. The number of nitrogens with zero attached hydrogens (tertiary/aromatic N) is 1. The summed E-state index contributed by atoms with van der Waals surface area (Å²) in [6, 6.07) is 1.47. The van der Waals surface area contributed by atoms with Crippen LogP contribution in [-0.4, -0.2) is 35.6 Å². The van der Waals surface area contributed by atoms with E-state index in [1.54, 1.807) is 0 Å². The first kappa shape index (κ1) is 13.1. The second kappa shape index (κ2) is 5.11. The highest BCUT2D eigenvalue weighted by atomic mass is 15.3. The highest BCUT2D eigenvalue weighted by Crippen LogP contribution is 2.29. The first-order chi connectivity index (χ1) is 8.06. The maximum absolute atomic E-state index is 3.77. The summed E-state index contributed by atoms with van der Waals surface area (Å²) in [5.74, 6) is 0.740. The van der Waals surface area contributed by atoms with Crippen LogP contribution in [0, 0.1) is 5.92 Å². The van der Waals surface area contributed by atoms with Gasteiger partial charge in [-0.25, -0.2) is 0 Å². The lowest BCUT2D eigenvalue weighted by atomic mass is 9.88. The molecule has 0 aromatic rings. The Kier molecular flexibility index (Phi) is 3.94. The SMILES string of the molecule is CCC1(C)CN(C2CC=CC2)C(C(C)C)CN1. The number of nitrogens with one attached hydrogen (secondary N) is 1. The third-order valence-electron chi connectivity index (χ3n) is 4.70. The lowest BCUT2D eigenvalue weighted by Gasteiger charge is -2.50. The molecule has 1 heterocycles. The van der Waals surface area contributed by atoms with Gasteiger partial charge in [0.25, 0.3) is 0 Å². The Bertz CT molecular complexity index is 277. The van der Waals surface area contributed by atoms with Gasteiger partial charge in [-0.15, -0.1) is 0 Å². The Hall–Kier alpha value is -0.340. The van der Waals surface area contributed by atoms with E-state index in [1.165, 1.54) is 25.8 Å². The van der Waals surface area contributed by atoms with E-state index in [1.807, 2.05) is 0 Å². The zero-order chi connectivity index (χ0) is 12.5. The molecule has 2 atom stereocenters. The number of hydrogen-bond acceptors (Lipinski definition) is 2. The Morgan fingerprint density at radius 3 is 2.53 bits per heavy atom. The Morgan fingerprint density at radius 1 is 1.35 bits per heavy atom. The Balaban J connectivity index is 2.09. The number of hydrogen-bond donors (Lipinski definition) is 1. The molecule has 0 aromatic heterocycles. The fourth-order valence-electron chi connectivity index (χ4n) is 3.17. The van der Waals surface area contributed by atoms with Gasteiger partial charge in [0.2, 0.25) is 0 Å². The van der Waals surface area contributed by atoms with Crippen LogP contribution in [0.4, 0.5) is 0 Å². The van der Waals surface area contributed by atoms with Gasteiger partial charge in [-0.3, -0.25) is 4.90 Å². The van der Waals surface area contributed by atoms with Crippen molar-refractivity contribution in [1.29, 1.82) is 0 Å². The highest BCUT2D eigenvalue weighted by molar-refractivity contribution is 5.04. The molecule has 1 aliphatic carbocycles. The van der Waals surface area contributed by atoms with Crippen molar-refractivity contribution in [2.24, 2.45) is 5.92 Å². The molecule has 0 radical (unpaired) electrons. The summed E-state index contributed by atoms with van der Waals surface area (Å²) < 4.78 is 0. The van der Waals surface area contributed by atoms with E-state index in [-0.39, 0.29) is 0 Å². The summed E-state index contributed by atoms with van der Waals surface area (Å²) in [6.07, 6.45) is 8.43. The van der Waals surface area contributed by atoms with Crippen LogP contribution in [0.25, 0.3) is 0 Å². The maximum atomic E-state index is 3.77. The van der Waals surface area contributed by atoms with Gasteiger partial charge in [-0.2, -0.15) is 0 Å². The summed E-state index contributed by atoms with van der Waals surface area (Å²) in [5.41, 5.74) is 0.313. The van der Waals surface area contributed by atoms with E-state index in [2.05, 4.69) is 50.1 Å². The quantitative estimate of drug-likeness (QED) is 0.758. The van der Waals surface area contributed by atoms with E-state index < -0.39 is 0 Å². The van der Waals surface area contributed by atoms with Gasteiger partial charge in [-0.1, -0.05) is 32.9 Å². The molecule has 2 aliphatic rings. The molecule has 0 saturated carbocycles. The maximum Gasteiger partial charge on any atom is 0.0278 e. The topological polar surface area (TPSA) is 15.3 Å². The van der Waals surface area contributed by atoms with Crippen LogP contribution in [0.3, 0.4) is 0 Å². The molecule has 17 heavy (non-hydrogen) atoms. The predicted octanol–water partition coefficient (Wildman–Crippen LogP) is 2.80. The second-order valence-electron chi connectivity index (χ2n) is 6.38. The molecule has 2 heteroatoms. The van der Waals surface area contributed by atoms with Crippen LogP contribution in [0.1, 0.15) is 47.0 Å². The summed E-state index contributed by atoms with van der Waals surface area (Å²) in [7, 11) is 0. The molecule has 0 spiro atoms. The molecule has 2 rings (SSSR count). The van der Waals surface area contributed by atoms with Crippen molar-refractivity contribution in [2.45, 2.75) is 64.6 Å². The molecule has 2 unspecified atom stereocenters. The summed E-state index contributed by atoms with van der Waals surface area (Å²) in [4.78, 5) is 2.78. The van der Waals surface area contributed by atoms with Gasteiger partial charge < -0.3 is 5.32 Å². The fourth-order valence-corrected chi connectivity index (χ4v) is 3.17. The van der Waals surface area contributed by atoms with E-state index in [0.29, 0.717) is 11.6 Å². The average Bonchev–Trinajstić information content (AvgIpc) is 2.82. The average molecular weight is 236 g/mol. The zero-order valence-electron chi connectivity index (χ0n) is 11.9. The van der Waals surface area contributed by atoms with Gasteiger partial charge in [0.15, 0.2) is 0 Å². The van der Waals surface area contributed by atoms with Crippen LogP contribution in [0.5, 0.6) is 0 Å². The Morgan fingerprint density at radius 2 is 2.00 bits per heavy atom. The van der Waals surface area contributed by atoms with Crippen LogP contribution in [0.2, 0.25) is 0 Å². The molecular formula is C15H28N2. The molecule has 1 aliphatic heterocycles. The summed E-state index contributed by atoms with van der Waals surface area (Å²) in [5, 5.41) is 3.77. The molecule has 2 nitrogen and oxygen atoms in total. The van der Waals surface area contributed by atoms with Crippen LogP contribution in [0.15, 0.2) is 12.2 Å². The van der Waals surface area contributed by atoms with Gasteiger partial charge in [0.05, 0.1) is 0 Å². The molecule has 1 N–H and O–H groups in total. The van der Waals surface area contributed by atoms with E-state index in [4.69, 9.17) is 0 Å². The van der Waals surface area contributed by atoms with Crippen molar-refractivity contribution >= 4 is 0 Å². The van der Waals surface area contributed by atoms with Crippen LogP contribution >= 0.6 is 0 Å². The van der Waals surface area contributed by atoms with Crippen molar-refractivity contribution in [1.82, 2.24) is 10.2 Å². The molecule has 1 fully saturated rings. The van der Waals surface area contributed by atoms with E-state index >= 15 is 0 Å². The molecule has 0 amide bonds. The number of piperazine rings is 1. The van der Waals surface area contributed by atoms with E-state index in [0.717, 1.165) is 18.5 Å². The summed E-state index contributed by atoms with van der Waals surface area (Å²) in [6.45, 7) is 11.7. The van der Waals surface area contributed by atoms with Crippen LogP contribution < -0.4 is 5.32 Å². The normalized spacial score (nSPS) is 35.9. The molecule has 1 saturated heterocycles. The largest absolute Gasteiger partial charge is 0.309 e. The van der Waals surface area contributed by atoms with Gasteiger partial charge >= 0.3 is 0 Å². The minimum atomic E-state index is 0.313. The second-order valence-corrected chi connectivity index (χ2v) is 6.38. The fraction of sp³-hybridized carbons (Fsp3) is 0.867. The van der Waals surface area contributed by atoms with Gasteiger partial charge in [0.1, 0.15) is 0 Å². The van der Waals surface area contributed by atoms with Crippen molar-refractivity contribution in [3.05, 3.63) is 12.2 Å². The van der Waals surface area contributed by atoms with Crippen molar-refractivity contribution in [3.63, 3.8) is 0 Å². The predicted molar refractivity (Wildman–Crippen MR) is 74.2 cm³/mol. The summed E-state index contributed by atoms with van der Waals surface area (Å²) >= 11 is 0. The lowest BCUT2D eigenvalue weighted by Crippen LogP contribution is -2.65. The standard InChI is InChI=1S/C15H28N2/c1-5-15(4)11-17(13-8-6-7-9-13)14(10-16-15)12(2)3/h6-7,12-14,16H,5,8-11H2,1-4H3. The van der Waals surface area contributed by atoms with Crippen molar-refractivity contribution < 1.29 is 0 Å². The minimum Gasteiger partial charge on any atom is -0.309 e. The third-order valence-corrected chi connectivity index (χ3v) is 4.70. The smallest absolute Gasteiger partial charge is 0.0278 e. The molecule has 98 valence electrons. The molecule has 0 bridgehead atoms. The van der Waals surface area contributed by atoms with Crippen molar-refractivity contribution in [2.75, 3.05) is 13.1 Å². The highest BCUT2D eigenvalue weighted by Gasteiger charge is 2.38.